The number of hydrogen-bond acceptors (Lipinski definition) is 5. The molecule has 1 atom stereocenters. The van der Waals surface area contributed by atoms with Gasteiger partial charge in [0.15, 0.2) is 0 Å². The Morgan fingerprint density at radius 2 is 2.30 bits per heavy atom. The van der Waals surface area contributed by atoms with Gasteiger partial charge in [-0.1, -0.05) is 0 Å². The second-order valence-electron chi connectivity index (χ2n) is 4.48. The van der Waals surface area contributed by atoms with E-state index in [1.54, 1.807) is 11.3 Å². The minimum Gasteiger partial charge on any atom is -0.377 e. The monoisotopic (exact) mass is 287 g/mol. The normalized spacial score (nSPS) is 11.6. The van der Waals surface area contributed by atoms with Crippen molar-refractivity contribution in [3.8, 4) is 6.07 Å². The molecule has 0 spiro atoms. The van der Waals surface area contributed by atoms with Crippen molar-refractivity contribution in [1.82, 2.24) is 0 Å². The maximum absolute atomic E-state index is 11.0. The van der Waals surface area contributed by atoms with Gasteiger partial charge in [0.25, 0.3) is 5.69 Å². The molecular formula is C14H13N3O2S. The Kier molecular flexibility index (Phi) is 4.33. The van der Waals surface area contributed by atoms with Crippen LogP contribution in [0.2, 0.25) is 0 Å². The third-order valence-corrected chi connectivity index (χ3v) is 3.58. The van der Waals surface area contributed by atoms with Crippen LogP contribution in [0.15, 0.2) is 35.0 Å². The lowest BCUT2D eigenvalue weighted by atomic mass is 10.1. The Morgan fingerprint density at radius 3 is 2.90 bits per heavy atom. The molecule has 0 fully saturated rings. The van der Waals surface area contributed by atoms with Crippen molar-refractivity contribution >= 4 is 22.7 Å². The first-order chi connectivity index (χ1) is 9.60. The summed E-state index contributed by atoms with van der Waals surface area (Å²) in [4.78, 5) is 10.6. The maximum atomic E-state index is 11.0. The molecule has 0 aliphatic heterocycles. The van der Waals surface area contributed by atoms with Crippen molar-refractivity contribution in [2.75, 3.05) is 5.32 Å². The van der Waals surface area contributed by atoms with Crippen molar-refractivity contribution < 1.29 is 4.92 Å². The Labute approximate surface area is 120 Å². The summed E-state index contributed by atoms with van der Waals surface area (Å²) in [6, 6.07) is 8.39. The molecule has 20 heavy (non-hydrogen) atoms. The molecule has 6 heteroatoms. The summed E-state index contributed by atoms with van der Waals surface area (Å²) in [6.07, 6.45) is 0.775. The van der Waals surface area contributed by atoms with Crippen LogP contribution in [-0.4, -0.2) is 11.0 Å². The Morgan fingerprint density at radius 1 is 1.50 bits per heavy atom. The highest BCUT2D eigenvalue weighted by Crippen LogP contribution is 2.26. The predicted octanol–water partition coefficient (Wildman–Crippen LogP) is 3.57. The summed E-state index contributed by atoms with van der Waals surface area (Å²) in [5.74, 6) is 0. The third kappa shape index (κ3) is 3.33. The van der Waals surface area contributed by atoms with Crippen molar-refractivity contribution in [1.29, 1.82) is 5.26 Å². The average molecular weight is 287 g/mol. The van der Waals surface area contributed by atoms with Crippen LogP contribution in [0.1, 0.15) is 18.1 Å². The summed E-state index contributed by atoms with van der Waals surface area (Å²) < 4.78 is 0. The summed E-state index contributed by atoms with van der Waals surface area (Å²) in [5.41, 5.74) is 1.97. The van der Waals surface area contributed by atoms with Gasteiger partial charge in [0, 0.05) is 12.1 Å². The lowest BCUT2D eigenvalue weighted by Gasteiger charge is -2.14. The van der Waals surface area contributed by atoms with Crippen molar-refractivity contribution in [3.63, 3.8) is 0 Å². The number of thiophene rings is 1. The molecule has 1 aromatic heterocycles. The van der Waals surface area contributed by atoms with Crippen molar-refractivity contribution in [2.24, 2.45) is 0 Å². The minimum atomic E-state index is -0.444. The zero-order valence-electron chi connectivity index (χ0n) is 10.9. The summed E-state index contributed by atoms with van der Waals surface area (Å²) >= 11 is 1.62. The number of anilines is 1. The molecular weight excluding hydrogens is 274 g/mol. The Balaban J connectivity index is 2.18. The number of nitriles is 1. The van der Waals surface area contributed by atoms with Crippen LogP contribution >= 0.6 is 11.3 Å². The van der Waals surface area contributed by atoms with E-state index in [-0.39, 0.29) is 11.7 Å². The van der Waals surface area contributed by atoms with E-state index >= 15 is 0 Å². The standard InChI is InChI=1S/C14H13N3O2S/c1-10(6-12-4-5-20-9-12)16-13-7-11(8-15)2-3-14(13)17(18)19/h2-5,7,9-10,16H,6H2,1H3. The first-order valence-electron chi connectivity index (χ1n) is 6.06. The van der Waals surface area contributed by atoms with Crippen LogP contribution in [0.5, 0.6) is 0 Å². The third-order valence-electron chi connectivity index (χ3n) is 2.85. The highest BCUT2D eigenvalue weighted by Gasteiger charge is 2.16. The quantitative estimate of drug-likeness (QED) is 0.673. The number of nitro benzene ring substituents is 1. The predicted molar refractivity (Wildman–Crippen MR) is 78.9 cm³/mol. The molecule has 102 valence electrons. The fraction of sp³-hybridized carbons (Fsp3) is 0.214. The van der Waals surface area contributed by atoms with Crippen LogP contribution in [0.3, 0.4) is 0 Å². The molecule has 2 aromatic rings. The SMILES string of the molecule is CC(Cc1ccsc1)Nc1cc(C#N)ccc1[N+](=O)[O-]. The molecule has 2 rings (SSSR count). The smallest absolute Gasteiger partial charge is 0.292 e. The van der Waals surface area contributed by atoms with E-state index in [1.165, 1.54) is 23.8 Å². The van der Waals surface area contributed by atoms with Gasteiger partial charge in [-0.15, -0.1) is 0 Å². The number of nitrogens with one attached hydrogen (secondary N) is 1. The Bertz CT molecular complexity index is 647. The van der Waals surface area contributed by atoms with Gasteiger partial charge in [-0.2, -0.15) is 16.6 Å². The maximum Gasteiger partial charge on any atom is 0.292 e. The second kappa shape index (κ2) is 6.17. The second-order valence-corrected chi connectivity index (χ2v) is 5.26. The first kappa shape index (κ1) is 14.0. The molecule has 0 aliphatic rings. The van der Waals surface area contributed by atoms with E-state index in [1.807, 2.05) is 24.4 Å². The van der Waals surface area contributed by atoms with Gasteiger partial charge in [0.1, 0.15) is 5.69 Å². The van der Waals surface area contributed by atoms with Gasteiger partial charge in [-0.25, -0.2) is 0 Å². The first-order valence-corrected chi connectivity index (χ1v) is 7.00. The van der Waals surface area contributed by atoms with E-state index in [4.69, 9.17) is 5.26 Å². The molecule has 0 radical (unpaired) electrons. The van der Waals surface area contributed by atoms with Crippen molar-refractivity contribution in [3.05, 3.63) is 56.3 Å². The molecule has 0 aliphatic carbocycles. The number of nitrogens with zero attached hydrogens (tertiary/aromatic N) is 2. The lowest BCUT2D eigenvalue weighted by molar-refractivity contribution is -0.384. The van der Waals surface area contributed by atoms with E-state index in [2.05, 4.69) is 10.7 Å². The van der Waals surface area contributed by atoms with E-state index < -0.39 is 4.92 Å². The van der Waals surface area contributed by atoms with Gasteiger partial charge in [-0.3, -0.25) is 10.1 Å². The molecule has 0 amide bonds. The van der Waals surface area contributed by atoms with Gasteiger partial charge in [-0.05, 0) is 47.9 Å². The van der Waals surface area contributed by atoms with E-state index in [0.717, 1.165) is 6.42 Å². The zero-order valence-corrected chi connectivity index (χ0v) is 11.7. The van der Waals surface area contributed by atoms with Gasteiger partial charge in [0.2, 0.25) is 0 Å². The van der Waals surface area contributed by atoms with Crippen LogP contribution < -0.4 is 5.32 Å². The summed E-state index contributed by atoms with van der Waals surface area (Å²) in [7, 11) is 0. The van der Waals surface area contributed by atoms with Gasteiger partial charge < -0.3 is 5.32 Å². The largest absolute Gasteiger partial charge is 0.377 e. The fourth-order valence-electron chi connectivity index (χ4n) is 1.96. The van der Waals surface area contributed by atoms with Gasteiger partial charge in [0.05, 0.1) is 16.6 Å². The van der Waals surface area contributed by atoms with Crippen LogP contribution in [0.4, 0.5) is 11.4 Å². The molecule has 1 N–H and O–H groups in total. The molecule has 1 aromatic carbocycles. The summed E-state index contributed by atoms with van der Waals surface area (Å²) in [5, 5.41) is 27.1. The number of benzene rings is 1. The van der Waals surface area contributed by atoms with Crippen LogP contribution in [0, 0.1) is 21.4 Å². The molecule has 0 saturated heterocycles. The number of rotatable bonds is 5. The van der Waals surface area contributed by atoms with Crippen molar-refractivity contribution in [2.45, 2.75) is 19.4 Å². The number of hydrogen-bond donors (Lipinski definition) is 1. The van der Waals surface area contributed by atoms with Crippen LogP contribution in [-0.2, 0) is 6.42 Å². The number of nitro groups is 1. The van der Waals surface area contributed by atoms with Crippen LogP contribution in [0.25, 0.3) is 0 Å². The molecule has 5 nitrogen and oxygen atoms in total. The van der Waals surface area contributed by atoms with E-state index in [9.17, 15) is 10.1 Å². The summed E-state index contributed by atoms with van der Waals surface area (Å²) in [6.45, 7) is 1.96. The lowest BCUT2D eigenvalue weighted by Crippen LogP contribution is -2.18. The minimum absolute atomic E-state index is 0.0128. The molecule has 1 unspecified atom stereocenters. The topological polar surface area (TPSA) is 79.0 Å². The highest BCUT2D eigenvalue weighted by atomic mass is 32.1. The molecule has 1 heterocycles. The molecule has 0 saturated carbocycles. The zero-order chi connectivity index (χ0) is 14.5. The fourth-order valence-corrected chi connectivity index (χ4v) is 2.64. The highest BCUT2D eigenvalue weighted by molar-refractivity contribution is 7.07. The average Bonchev–Trinajstić information content (AvgIpc) is 2.90. The van der Waals surface area contributed by atoms with E-state index in [0.29, 0.717) is 11.3 Å². The van der Waals surface area contributed by atoms with Gasteiger partial charge >= 0.3 is 0 Å². The Hall–Kier alpha value is -2.39. The molecule has 0 bridgehead atoms.